The highest BCUT2D eigenvalue weighted by Gasteiger charge is 2.53. The average molecular weight is 413 g/mol. The summed E-state index contributed by atoms with van der Waals surface area (Å²) in [6.45, 7) is 4.92. The van der Waals surface area contributed by atoms with Gasteiger partial charge in [-0.1, -0.05) is 12.5 Å². The molecule has 0 spiro atoms. The number of aromatic nitrogens is 1. The van der Waals surface area contributed by atoms with Crippen LogP contribution in [0.25, 0.3) is 0 Å². The molecule has 1 aromatic rings. The van der Waals surface area contributed by atoms with E-state index in [1.54, 1.807) is 6.07 Å². The van der Waals surface area contributed by atoms with Gasteiger partial charge in [0.05, 0.1) is 0 Å². The highest BCUT2D eigenvalue weighted by atomic mass is 18.2. The van der Waals surface area contributed by atoms with Crippen molar-refractivity contribution in [2.24, 2.45) is 23.2 Å². The number of ketones is 1. The first kappa shape index (κ1) is 20.4. The van der Waals surface area contributed by atoms with E-state index < -0.39 is 5.95 Å². The second-order valence-electron chi connectivity index (χ2n) is 10.6. The van der Waals surface area contributed by atoms with Gasteiger partial charge in [-0.15, -0.1) is 0 Å². The summed E-state index contributed by atoms with van der Waals surface area (Å²) < 4.78 is 13.3. The molecule has 0 N–H and O–H groups in total. The summed E-state index contributed by atoms with van der Waals surface area (Å²) in [5.74, 6) is 3.54. The van der Waals surface area contributed by atoms with Gasteiger partial charge in [-0.25, -0.2) is 4.98 Å². The van der Waals surface area contributed by atoms with Crippen LogP contribution in [-0.2, 0) is 4.79 Å². The zero-order valence-corrected chi connectivity index (χ0v) is 18.2. The Bertz CT molecular complexity index is 723. The van der Waals surface area contributed by atoms with Crippen molar-refractivity contribution in [1.82, 2.24) is 9.88 Å². The molecule has 2 heterocycles. The Morgan fingerprint density at radius 2 is 1.63 bits per heavy atom. The van der Waals surface area contributed by atoms with E-state index in [-0.39, 0.29) is 5.41 Å². The summed E-state index contributed by atoms with van der Waals surface area (Å²) in [6, 6.07) is 5.02. The third kappa shape index (κ3) is 4.28. The Kier molecular flexibility index (Phi) is 5.83. The quantitative estimate of drug-likeness (QED) is 0.459. The van der Waals surface area contributed by atoms with Gasteiger partial charge in [0.15, 0.2) is 0 Å². The molecular weight excluding hydrogens is 376 g/mol. The number of rotatable bonds is 8. The van der Waals surface area contributed by atoms with Crippen molar-refractivity contribution in [3.63, 3.8) is 0 Å². The van der Waals surface area contributed by atoms with E-state index in [9.17, 15) is 9.18 Å². The number of anilines is 1. The normalized spacial score (nSPS) is 33.2. The van der Waals surface area contributed by atoms with Crippen LogP contribution in [0, 0.1) is 29.1 Å². The third-order valence-electron chi connectivity index (χ3n) is 8.40. The molecule has 5 heteroatoms. The smallest absolute Gasteiger partial charge is 0.214 e. The van der Waals surface area contributed by atoms with Crippen LogP contribution in [0.5, 0.6) is 0 Å². The monoisotopic (exact) mass is 412 g/mol. The molecule has 0 amide bonds. The van der Waals surface area contributed by atoms with Crippen molar-refractivity contribution in [1.29, 1.82) is 0 Å². The van der Waals surface area contributed by atoms with Gasteiger partial charge in [0, 0.05) is 38.0 Å². The number of pyridine rings is 1. The summed E-state index contributed by atoms with van der Waals surface area (Å²) in [5.41, 5.74) is 0.0933. The van der Waals surface area contributed by atoms with Crippen molar-refractivity contribution < 1.29 is 9.18 Å². The average Bonchev–Trinajstić information content (AvgIpc) is 2.73. The van der Waals surface area contributed by atoms with Crippen LogP contribution in [0.1, 0.15) is 64.2 Å². The van der Waals surface area contributed by atoms with Gasteiger partial charge in [-0.05, 0) is 87.8 Å². The lowest BCUT2D eigenvalue weighted by molar-refractivity contribution is -0.144. The first-order chi connectivity index (χ1) is 14.6. The van der Waals surface area contributed by atoms with Crippen LogP contribution in [0.3, 0.4) is 0 Å². The molecule has 1 saturated heterocycles. The Balaban J connectivity index is 0.997. The Labute approximate surface area is 180 Å². The Morgan fingerprint density at radius 1 is 0.967 bits per heavy atom. The summed E-state index contributed by atoms with van der Waals surface area (Å²) >= 11 is 0. The number of Topliss-reactive ketones (excluding diaryl/α,β-unsaturated/α-hetero) is 1. The maximum Gasteiger partial charge on any atom is 0.214 e. The second-order valence-corrected chi connectivity index (χ2v) is 10.6. The van der Waals surface area contributed by atoms with Crippen LogP contribution >= 0.6 is 0 Å². The van der Waals surface area contributed by atoms with E-state index in [4.69, 9.17) is 0 Å². The molecule has 4 saturated carbocycles. The largest absolute Gasteiger partial charge is 0.354 e. The van der Waals surface area contributed by atoms with Gasteiger partial charge in [-0.3, -0.25) is 9.69 Å². The number of hydrogen-bond acceptors (Lipinski definition) is 4. The van der Waals surface area contributed by atoms with Crippen LogP contribution in [0.4, 0.5) is 10.2 Å². The fraction of sp³-hybridized carbons (Fsp3) is 0.760. The first-order valence-electron chi connectivity index (χ1n) is 12.2. The van der Waals surface area contributed by atoms with Gasteiger partial charge < -0.3 is 4.90 Å². The molecule has 0 radical (unpaired) electrons. The molecule has 4 nitrogen and oxygen atoms in total. The van der Waals surface area contributed by atoms with E-state index in [2.05, 4.69) is 14.8 Å². The Hall–Kier alpha value is -1.49. The number of piperazine rings is 1. The first-order valence-corrected chi connectivity index (χ1v) is 12.2. The predicted molar refractivity (Wildman–Crippen MR) is 117 cm³/mol. The standard InChI is InChI=1S/C25H36FN3O/c26-23-6-4-7-24(27-23)29-11-9-28(10-12-29)8-3-1-2-5-22(30)25-16-19-13-20(17-25)15-21(14-19)18-25/h4,6-7,19-21H,1-3,5,8-18H2/i26-1. The fourth-order valence-corrected chi connectivity index (χ4v) is 7.29. The highest BCUT2D eigenvalue weighted by Crippen LogP contribution is 2.60. The molecular formula is C25H36FN3O. The van der Waals surface area contributed by atoms with Gasteiger partial charge in [-0.2, -0.15) is 4.39 Å². The number of unbranched alkanes of at least 4 members (excludes halogenated alkanes) is 2. The maximum absolute atomic E-state index is 13.3. The molecule has 30 heavy (non-hydrogen) atoms. The topological polar surface area (TPSA) is 36.4 Å². The van der Waals surface area contributed by atoms with Crippen LogP contribution < -0.4 is 4.90 Å². The molecule has 0 atom stereocenters. The fourth-order valence-electron chi connectivity index (χ4n) is 7.29. The van der Waals surface area contributed by atoms with E-state index in [0.29, 0.717) is 5.78 Å². The predicted octanol–water partition coefficient (Wildman–Crippen LogP) is 4.69. The van der Waals surface area contributed by atoms with Crippen molar-refractivity contribution in [2.75, 3.05) is 37.6 Å². The lowest BCUT2D eigenvalue weighted by Gasteiger charge is -2.56. The number of carbonyl (C=O) groups excluding carboxylic acids is 1. The minimum absolute atomic E-state index is 0.0933. The van der Waals surface area contributed by atoms with Gasteiger partial charge in [0.25, 0.3) is 0 Å². The summed E-state index contributed by atoms with van der Waals surface area (Å²) in [6.07, 6.45) is 12.1. The van der Waals surface area contributed by atoms with Gasteiger partial charge in [0.1, 0.15) is 11.6 Å². The molecule has 1 aromatic heterocycles. The second kappa shape index (κ2) is 8.57. The molecule has 4 bridgehead atoms. The van der Waals surface area contributed by atoms with Crippen molar-refractivity contribution in [3.05, 3.63) is 24.1 Å². The van der Waals surface area contributed by atoms with Crippen molar-refractivity contribution in [2.45, 2.75) is 64.2 Å². The summed E-state index contributed by atoms with van der Waals surface area (Å²) in [4.78, 5) is 21.8. The van der Waals surface area contributed by atoms with E-state index in [1.807, 2.05) is 6.07 Å². The lowest BCUT2D eigenvalue weighted by atomic mass is 9.48. The van der Waals surface area contributed by atoms with Crippen LogP contribution in [0.15, 0.2) is 18.2 Å². The van der Waals surface area contributed by atoms with E-state index in [0.717, 1.165) is 75.6 Å². The van der Waals surface area contributed by atoms with Crippen LogP contribution in [-0.4, -0.2) is 48.4 Å². The third-order valence-corrected chi connectivity index (χ3v) is 8.40. The zero-order valence-electron chi connectivity index (χ0n) is 18.2. The number of halogens is 1. The summed E-state index contributed by atoms with van der Waals surface area (Å²) in [7, 11) is 0. The zero-order chi connectivity index (χ0) is 20.6. The molecule has 4 aliphatic carbocycles. The van der Waals surface area contributed by atoms with E-state index in [1.165, 1.54) is 51.0 Å². The minimum atomic E-state index is -0.405. The molecule has 0 aromatic carbocycles. The number of hydrogen-bond donors (Lipinski definition) is 0. The van der Waals surface area contributed by atoms with Crippen LogP contribution in [0.2, 0.25) is 0 Å². The molecule has 5 aliphatic rings. The molecule has 6 rings (SSSR count). The van der Waals surface area contributed by atoms with E-state index >= 15 is 0 Å². The van der Waals surface area contributed by atoms with Gasteiger partial charge >= 0.3 is 0 Å². The molecule has 5 fully saturated rings. The van der Waals surface area contributed by atoms with Crippen molar-refractivity contribution >= 4 is 11.6 Å². The highest BCUT2D eigenvalue weighted by molar-refractivity contribution is 5.85. The molecule has 164 valence electrons. The summed E-state index contributed by atoms with van der Waals surface area (Å²) in [5, 5.41) is 0. The molecule has 1 aliphatic heterocycles. The number of carbonyl (C=O) groups is 1. The number of nitrogens with zero attached hydrogens (tertiary/aromatic N) is 3. The van der Waals surface area contributed by atoms with Crippen molar-refractivity contribution in [3.8, 4) is 0 Å². The Morgan fingerprint density at radius 3 is 2.27 bits per heavy atom. The maximum atomic E-state index is 13.3. The SMILES string of the molecule is O=C(CCCCCN1CCN(c2cccc([18F])n2)CC1)C12CC3CC(CC(C3)C1)C2. The van der Waals surface area contributed by atoms with Gasteiger partial charge in [0.2, 0.25) is 5.95 Å². The lowest BCUT2D eigenvalue weighted by Crippen LogP contribution is -2.50. The molecule has 0 unspecified atom stereocenters. The minimum Gasteiger partial charge on any atom is -0.354 e.